The van der Waals surface area contributed by atoms with E-state index in [1.165, 1.54) is 36.4 Å². The van der Waals surface area contributed by atoms with Gasteiger partial charge in [-0.3, -0.25) is 0 Å². The fourth-order valence-electron chi connectivity index (χ4n) is 2.32. The van der Waals surface area contributed by atoms with Crippen LogP contribution in [0.4, 0.5) is 0 Å². The largest absolute Gasteiger partial charge is 0.508 e. The van der Waals surface area contributed by atoms with Crippen LogP contribution in [-0.2, 0) is 0 Å². The maximum absolute atomic E-state index is 10.2. The zero-order chi connectivity index (χ0) is 15.7. The SMILES string of the molecule is Oc1ccc(-c2cc(O)c(-c3ccc(O)cc3)cc2O)cc1. The number of benzene rings is 3. The van der Waals surface area contributed by atoms with Gasteiger partial charge in [0.1, 0.15) is 23.0 Å². The molecule has 0 atom stereocenters. The van der Waals surface area contributed by atoms with Crippen molar-refractivity contribution in [3.63, 3.8) is 0 Å². The highest BCUT2D eigenvalue weighted by atomic mass is 16.3. The van der Waals surface area contributed by atoms with Crippen LogP contribution in [0, 0.1) is 0 Å². The monoisotopic (exact) mass is 294 g/mol. The summed E-state index contributed by atoms with van der Waals surface area (Å²) in [6, 6.07) is 15.6. The summed E-state index contributed by atoms with van der Waals surface area (Å²) in [5.41, 5.74) is 2.31. The molecular formula is C18H14O4. The van der Waals surface area contributed by atoms with Gasteiger partial charge in [-0.1, -0.05) is 24.3 Å². The Morgan fingerprint density at radius 1 is 0.455 bits per heavy atom. The van der Waals surface area contributed by atoms with Crippen LogP contribution < -0.4 is 0 Å². The maximum Gasteiger partial charge on any atom is 0.124 e. The predicted molar refractivity (Wildman–Crippen MR) is 84.0 cm³/mol. The van der Waals surface area contributed by atoms with Crippen LogP contribution in [0.2, 0.25) is 0 Å². The molecule has 3 rings (SSSR count). The predicted octanol–water partition coefficient (Wildman–Crippen LogP) is 3.84. The number of hydrogen-bond donors (Lipinski definition) is 4. The topological polar surface area (TPSA) is 80.9 Å². The molecule has 0 aliphatic rings. The van der Waals surface area contributed by atoms with E-state index in [9.17, 15) is 20.4 Å². The molecule has 4 N–H and O–H groups in total. The van der Waals surface area contributed by atoms with Crippen molar-refractivity contribution in [3.8, 4) is 45.3 Å². The van der Waals surface area contributed by atoms with Gasteiger partial charge < -0.3 is 20.4 Å². The third-order valence-electron chi connectivity index (χ3n) is 3.47. The molecule has 0 spiro atoms. The number of aromatic hydroxyl groups is 4. The van der Waals surface area contributed by atoms with E-state index in [-0.39, 0.29) is 23.0 Å². The summed E-state index contributed by atoms with van der Waals surface area (Å²) >= 11 is 0. The van der Waals surface area contributed by atoms with E-state index >= 15 is 0 Å². The summed E-state index contributed by atoms with van der Waals surface area (Å²) in [5, 5.41) is 39.1. The molecule has 0 saturated carbocycles. The molecule has 0 fully saturated rings. The van der Waals surface area contributed by atoms with Gasteiger partial charge in [0, 0.05) is 11.1 Å². The number of hydrogen-bond acceptors (Lipinski definition) is 4. The van der Waals surface area contributed by atoms with Crippen LogP contribution in [-0.4, -0.2) is 20.4 Å². The second-order valence-electron chi connectivity index (χ2n) is 4.98. The van der Waals surface area contributed by atoms with Crippen molar-refractivity contribution < 1.29 is 20.4 Å². The lowest BCUT2D eigenvalue weighted by molar-refractivity contribution is 0.463. The number of phenolic OH excluding ortho intramolecular Hbond substituents is 4. The first-order valence-corrected chi connectivity index (χ1v) is 6.69. The molecule has 3 aromatic rings. The Hall–Kier alpha value is -3.14. The molecule has 0 aromatic heterocycles. The van der Waals surface area contributed by atoms with Crippen molar-refractivity contribution >= 4 is 0 Å². The molecule has 0 radical (unpaired) electrons. The van der Waals surface area contributed by atoms with Crippen LogP contribution in [0.5, 0.6) is 23.0 Å². The Kier molecular flexibility index (Phi) is 3.35. The highest BCUT2D eigenvalue weighted by molar-refractivity contribution is 5.80. The molecule has 22 heavy (non-hydrogen) atoms. The second kappa shape index (κ2) is 5.33. The van der Waals surface area contributed by atoms with E-state index < -0.39 is 0 Å². The third kappa shape index (κ3) is 2.54. The van der Waals surface area contributed by atoms with Gasteiger partial charge in [0.2, 0.25) is 0 Å². The molecule has 0 unspecified atom stereocenters. The first kappa shape index (κ1) is 13.8. The molecule has 0 heterocycles. The maximum atomic E-state index is 10.2. The Morgan fingerprint density at radius 3 is 1.09 bits per heavy atom. The summed E-state index contributed by atoms with van der Waals surface area (Å²) in [6.07, 6.45) is 0. The van der Waals surface area contributed by atoms with E-state index in [2.05, 4.69) is 0 Å². The highest BCUT2D eigenvalue weighted by Gasteiger charge is 2.12. The van der Waals surface area contributed by atoms with Crippen molar-refractivity contribution in [2.45, 2.75) is 0 Å². The first-order chi connectivity index (χ1) is 10.5. The fourth-order valence-corrected chi connectivity index (χ4v) is 2.32. The molecule has 110 valence electrons. The van der Waals surface area contributed by atoms with Crippen LogP contribution in [0.25, 0.3) is 22.3 Å². The summed E-state index contributed by atoms with van der Waals surface area (Å²) in [7, 11) is 0. The average molecular weight is 294 g/mol. The van der Waals surface area contributed by atoms with Gasteiger partial charge in [0.25, 0.3) is 0 Å². The van der Waals surface area contributed by atoms with Crippen molar-refractivity contribution in [1.29, 1.82) is 0 Å². The lowest BCUT2D eigenvalue weighted by Gasteiger charge is -2.11. The fraction of sp³-hybridized carbons (Fsp3) is 0. The minimum absolute atomic E-state index is 0.0200. The van der Waals surface area contributed by atoms with Crippen LogP contribution in [0.1, 0.15) is 0 Å². The molecule has 0 aliphatic heterocycles. The second-order valence-corrected chi connectivity index (χ2v) is 4.98. The molecule has 0 saturated heterocycles. The number of rotatable bonds is 2. The van der Waals surface area contributed by atoms with E-state index in [1.54, 1.807) is 24.3 Å². The Balaban J connectivity index is 2.08. The first-order valence-electron chi connectivity index (χ1n) is 6.69. The van der Waals surface area contributed by atoms with Crippen molar-refractivity contribution in [2.24, 2.45) is 0 Å². The van der Waals surface area contributed by atoms with Crippen LogP contribution in [0.3, 0.4) is 0 Å². The third-order valence-corrected chi connectivity index (χ3v) is 3.47. The molecule has 4 heteroatoms. The average Bonchev–Trinajstić information content (AvgIpc) is 2.51. The molecule has 4 nitrogen and oxygen atoms in total. The quantitative estimate of drug-likeness (QED) is 0.541. The highest BCUT2D eigenvalue weighted by Crippen LogP contribution is 2.40. The van der Waals surface area contributed by atoms with Crippen molar-refractivity contribution in [1.82, 2.24) is 0 Å². The normalized spacial score (nSPS) is 10.5. The van der Waals surface area contributed by atoms with Crippen LogP contribution in [0.15, 0.2) is 60.7 Å². The molecule has 0 aliphatic carbocycles. The van der Waals surface area contributed by atoms with Crippen molar-refractivity contribution in [3.05, 3.63) is 60.7 Å². The molecule has 3 aromatic carbocycles. The lowest BCUT2D eigenvalue weighted by Crippen LogP contribution is -1.84. The Bertz CT molecular complexity index is 734. The Labute approximate surface area is 127 Å². The van der Waals surface area contributed by atoms with Crippen molar-refractivity contribution in [2.75, 3.05) is 0 Å². The van der Waals surface area contributed by atoms with Gasteiger partial charge in [-0.15, -0.1) is 0 Å². The molecular weight excluding hydrogens is 280 g/mol. The Morgan fingerprint density at radius 2 is 0.773 bits per heavy atom. The van der Waals surface area contributed by atoms with Gasteiger partial charge in [0.05, 0.1) is 0 Å². The zero-order valence-corrected chi connectivity index (χ0v) is 11.6. The van der Waals surface area contributed by atoms with Gasteiger partial charge in [-0.05, 0) is 47.5 Å². The summed E-state index contributed by atoms with van der Waals surface area (Å²) in [5.74, 6) is 0.305. The van der Waals surface area contributed by atoms with E-state index in [0.29, 0.717) is 22.3 Å². The summed E-state index contributed by atoms with van der Waals surface area (Å²) < 4.78 is 0. The minimum atomic E-state index is 0.0200. The smallest absolute Gasteiger partial charge is 0.124 e. The van der Waals surface area contributed by atoms with Gasteiger partial charge >= 0.3 is 0 Å². The van der Waals surface area contributed by atoms with Crippen LogP contribution >= 0.6 is 0 Å². The molecule has 0 amide bonds. The number of phenols is 4. The molecule has 0 bridgehead atoms. The van der Waals surface area contributed by atoms with E-state index in [1.807, 2.05) is 0 Å². The summed E-state index contributed by atoms with van der Waals surface area (Å²) in [6.45, 7) is 0. The summed E-state index contributed by atoms with van der Waals surface area (Å²) in [4.78, 5) is 0. The van der Waals surface area contributed by atoms with E-state index in [4.69, 9.17) is 0 Å². The van der Waals surface area contributed by atoms with Gasteiger partial charge in [-0.25, -0.2) is 0 Å². The standard InChI is InChI=1S/C18H14O4/c19-13-5-1-11(2-6-13)15-9-18(22)16(10-17(15)21)12-3-7-14(20)8-4-12/h1-10,19-22H. The lowest BCUT2D eigenvalue weighted by atomic mass is 9.98. The van der Waals surface area contributed by atoms with Gasteiger partial charge in [-0.2, -0.15) is 0 Å². The zero-order valence-electron chi connectivity index (χ0n) is 11.6. The van der Waals surface area contributed by atoms with Gasteiger partial charge in [0.15, 0.2) is 0 Å². The van der Waals surface area contributed by atoms with E-state index in [0.717, 1.165) is 0 Å². The minimum Gasteiger partial charge on any atom is -0.508 e.